The van der Waals surface area contributed by atoms with Crippen molar-refractivity contribution in [1.29, 1.82) is 0 Å². The van der Waals surface area contributed by atoms with E-state index in [1.165, 1.54) is 44.9 Å². The van der Waals surface area contributed by atoms with Crippen LogP contribution < -0.4 is 11.1 Å². The van der Waals surface area contributed by atoms with Crippen molar-refractivity contribution in [1.82, 2.24) is 5.32 Å². The summed E-state index contributed by atoms with van der Waals surface area (Å²) in [6.07, 6.45) is 13.8. The molecule has 0 aromatic rings. The minimum atomic E-state index is -0.682. The van der Waals surface area contributed by atoms with Crippen LogP contribution in [0, 0.1) is 0 Å². The lowest BCUT2D eigenvalue weighted by Crippen LogP contribution is -2.67. The van der Waals surface area contributed by atoms with Crippen LogP contribution in [0.4, 0.5) is 0 Å². The first kappa shape index (κ1) is 23.2. The van der Waals surface area contributed by atoms with Crippen LogP contribution in [0.15, 0.2) is 0 Å². The van der Waals surface area contributed by atoms with Crippen LogP contribution in [0.5, 0.6) is 0 Å². The Bertz CT molecular complexity index is 327. The van der Waals surface area contributed by atoms with Crippen molar-refractivity contribution in [2.75, 3.05) is 12.3 Å². The van der Waals surface area contributed by atoms with Gasteiger partial charge in [-0.2, -0.15) is 12.6 Å². The van der Waals surface area contributed by atoms with E-state index in [1.54, 1.807) is 0 Å². The summed E-state index contributed by atoms with van der Waals surface area (Å²) in [5, 5.41) is 11.5. The number of carbonyl (C=O) groups is 2. The highest BCUT2D eigenvalue weighted by Gasteiger charge is 2.14. The number of carboxylic acids is 1. The van der Waals surface area contributed by atoms with Gasteiger partial charge in [0.25, 0.3) is 5.91 Å². The van der Waals surface area contributed by atoms with Crippen LogP contribution in [-0.2, 0) is 9.59 Å². The summed E-state index contributed by atoms with van der Waals surface area (Å²) in [6.45, 7) is 0.758. The van der Waals surface area contributed by atoms with Gasteiger partial charge >= 0.3 is 5.97 Å². The Morgan fingerprint density at radius 2 is 1.33 bits per heavy atom. The van der Waals surface area contributed by atoms with Crippen LogP contribution in [0.3, 0.4) is 0 Å². The van der Waals surface area contributed by atoms with Crippen molar-refractivity contribution in [2.24, 2.45) is 0 Å². The second-order valence-electron chi connectivity index (χ2n) is 6.53. The van der Waals surface area contributed by atoms with Crippen LogP contribution in [0.25, 0.3) is 0 Å². The van der Waals surface area contributed by atoms with Crippen LogP contribution >= 0.6 is 12.6 Å². The maximum Gasteiger partial charge on any atom is 0.303 e. The van der Waals surface area contributed by atoms with Gasteiger partial charge in [-0.3, -0.25) is 9.59 Å². The van der Waals surface area contributed by atoms with Crippen molar-refractivity contribution in [3.8, 4) is 0 Å². The summed E-state index contributed by atoms with van der Waals surface area (Å²) in [6, 6.07) is -0.174. The summed E-state index contributed by atoms with van der Waals surface area (Å²) in [4.78, 5) is 22.0. The maximum absolute atomic E-state index is 11.6. The fraction of sp³-hybridized carbons (Fsp3) is 0.889. The molecule has 0 saturated heterocycles. The molecule has 0 fully saturated rings. The molecule has 1 amide bonds. The Hall–Kier alpha value is -0.750. The predicted octanol–water partition coefficient (Wildman–Crippen LogP) is 2.80. The highest BCUT2D eigenvalue weighted by atomic mass is 32.1. The number of hydrogen-bond acceptors (Lipinski definition) is 3. The van der Waals surface area contributed by atoms with Crippen molar-refractivity contribution < 1.29 is 20.4 Å². The number of carboxylic acid groups (broad SMARTS) is 1. The van der Waals surface area contributed by atoms with E-state index in [4.69, 9.17) is 5.11 Å². The normalized spacial score (nSPS) is 12.1. The SMILES string of the molecule is [NH3+]C(CCS)C(=O)NCCCCCCCCCCCCCC(=O)O. The number of thiol groups is 1. The first-order valence-corrected chi connectivity index (χ1v) is 10.1. The van der Waals surface area contributed by atoms with E-state index in [-0.39, 0.29) is 11.9 Å². The second kappa shape index (κ2) is 17.1. The summed E-state index contributed by atoms with van der Waals surface area (Å²) < 4.78 is 0. The number of hydrogen-bond donors (Lipinski definition) is 4. The number of carbonyl (C=O) groups excluding carboxylic acids is 1. The third kappa shape index (κ3) is 16.1. The Labute approximate surface area is 152 Å². The number of rotatable bonds is 17. The topological polar surface area (TPSA) is 94.0 Å². The molecule has 0 aromatic heterocycles. The molecule has 5 N–H and O–H groups in total. The molecule has 1 atom stereocenters. The molecule has 0 aromatic carbocycles. The van der Waals surface area contributed by atoms with Gasteiger partial charge in [0.05, 0.1) is 0 Å². The minimum absolute atomic E-state index is 0.0485. The lowest BCUT2D eigenvalue weighted by atomic mass is 10.1. The molecule has 0 aliphatic heterocycles. The average molecular weight is 362 g/mol. The molecule has 0 radical (unpaired) electrons. The lowest BCUT2D eigenvalue weighted by Gasteiger charge is -2.08. The molecule has 1 unspecified atom stereocenters. The monoisotopic (exact) mass is 361 g/mol. The van der Waals surface area contributed by atoms with Crippen molar-refractivity contribution in [3.63, 3.8) is 0 Å². The fourth-order valence-corrected chi connectivity index (χ4v) is 2.95. The highest BCUT2D eigenvalue weighted by molar-refractivity contribution is 7.80. The predicted molar refractivity (Wildman–Crippen MR) is 101 cm³/mol. The maximum atomic E-state index is 11.6. The third-order valence-electron chi connectivity index (χ3n) is 4.22. The first-order chi connectivity index (χ1) is 11.6. The van der Waals surface area contributed by atoms with Gasteiger partial charge in [0.15, 0.2) is 6.04 Å². The molecule has 24 heavy (non-hydrogen) atoms. The highest BCUT2D eigenvalue weighted by Crippen LogP contribution is 2.11. The van der Waals surface area contributed by atoms with Gasteiger partial charge in [-0.15, -0.1) is 0 Å². The first-order valence-electron chi connectivity index (χ1n) is 9.51. The molecule has 0 spiro atoms. The molecular formula is C18H37N2O3S+. The van der Waals surface area contributed by atoms with Crippen LogP contribution in [0.2, 0.25) is 0 Å². The van der Waals surface area contributed by atoms with E-state index in [0.717, 1.165) is 38.6 Å². The van der Waals surface area contributed by atoms with Gasteiger partial charge in [-0.25, -0.2) is 0 Å². The summed E-state index contributed by atoms with van der Waals surface area (Å²) >= 11 is 4.11. The Balaban J connectivity index is 3.18. The van der Waals surface area contributed by atoms with Gasteiger partial charge < -0.3 is 16.2 Å². The van der Waals surface area contributed by atoms with Gasteiger partial charge in [0, 0.05) is 19.4 Å². The van der Waals surface area contributed by atoms with Gasteiger partial charge in [-0.1, -0.05) is 57.8 Å². The molecule has 0 bridgehead atoms. The van der Waals surface area contributed by atoms with Crippen LogP contribution in [-0.4, -0.2) is 35.3 Å². The second-order valence-corrected chi connectivity index (χ2v) is 6.98. The standard InChI is InChI=1S/C18H36N2O3S/c19-16(13-15-24)18(23)20-14-11-9-7-5-3-1-2-4-6-8-10-12-17(21)22/h16,24H,1-15,19H2,(H,20,23)(H,21,22)/p+1. The third-order valence-corrected chi connectivity index (χ3v) is 4.47. The van der Waals surface area contributed by atoms with Gasteiger partial charge in [0.2, 0.25) is 0 Å². The van der Waals surface area contributed by atoms with Crippen molar-refractivity contribution in [2.45, 2.75) is 89.5 Å². The molecule has 0 rings (SSSR count). The van der Waals surface area contributed by atoms with E-state index in [9.17, 15) is 9.59 Å². The molecular weight excluding hydrogens is 324 g/mol. The molecule has 0 aliphatic carbocycles. The van der Waals surface area contributed by atoms with Crippen molar-refractivity contribution in [3.05, 3.63) is 0 Å². The Morgan fingerprint density at radius 3 is 1.79 bits per heavy atom. The summed E-state index contributed by atoms with van der Waals surface area (Å²) in [5.41, 5.74) is 3.83. The zero-order chi connectivity index (χ0) is 18.0. The lowest BCUT2D eigenvalue weighted by molar-refractivity contribution is -0.403. The number of amides is 1. The smallest absolute Gasteiger partial charge is 0.303 e. The molecule has 142 valence electrons. The zero-order valence-electron chi connectivity index (χ0n) is 15.1. The Morgan fingerprint density at radius 1 is 0.875 bits per heavy atom. The molecule has 0 heterocycles. The van der Waals surface area contributed by atoms with Crippen LogP contribution in [0.1, 0.15) is 83.5 Å². The summed E-state index contributed by atoms with van der Waals surface area (Å²) in [5.74, 6) is 0.0648. The van der Waals surface area contributed by atoms with E-state index >= 15 is 0 Å². The molecule has 5 nitrogen and oxygen atoms in total. The molecule has 0 aliphatic rings. The number of unbranched alkanes of at least 4 members (excludes halogenated alkanes) is 10. The Kier molecular flexibility index (Phi) is 16.6. The summed E-state index contributed by atoms with van der Waals surface area (Å²) in [7, 11) is 0. The number of aliphatic carboxylic acids is 1. The van der Waals surface area contributed by atoms with Gasteiger partial charge in [-0.05, 0) is 18.6 Å². The average Bonchev–Trinajstić information content (AvgIpc) is 2.54. The van der Waals surface area contributed by atoms with E-state index < -0.39 is 5.97 Å². The fourth-order valence-electron chi connectivity index (χ4n) is 2.64. The van der Waals surface area contributed by atoms with Gasteiger partial charge in [0.1, 0.15) is 0 Å². The van der Waals surface area contributed by atoms with E-state index in [0.29, 0.717) is 12.2 Å². The molecule has 0 saturated carbocycles. The number of nitrogens with one attached hydrogen (secondary N) is 1. The van der Waals surface area contributed by atoms with Crippen molar-refractivity contribution >= 4 is 24.5 Å². The minimum Gasteiger partial charge on any atom is -0.481 e. The van der Waals surface area contributed by atoms with E-state index in [2.05, 4.69) is 23.7 Å². The number of quaternary nitrogens is 1. The quantitative estimate of drug-likeness (QED) is 0.237. The van der Waals surface area contributed by atoms with E-state index in [1.807, 2.05) is 0 Å². The largest absolute Gasteiger partial charge is 0.481 e. The molecule has 6 heteroatoms. The zero-order valence-corrected chi connectivity index (χ0v) is 16.0.